The fourth-order valence-electron chi connectivity index (χ4n) is 1.71. The van der Waals surface area contributed by atoms with E-state index in [1.807, 2.05) is 23.7 Å². The van der Waals surface area contributed by atoms with Crippen LogP contribution in [0.4, 0.5) is 10.2 Å². The Bertz CT molecular complexity index is 491. The average Bonchev–Trinajstić information content (AvgIpc) is 2.59. The first-order valence-electron chi connectivity index (χ1n) is 5.25. The summed E-state index contributed by atoms with van der Waals surface area (Å²) >= 11 is 0. The molecule has 0 amide bonds. The lowest BCUT2D eigenvalue weighted by atomic mass is 10.2. The molecule has 0 aliphatic heterocycles. The minimum atomic E-state index is -0.226. The Hall–Kier alpha value is -1.84. The molecule has 84 valence electrons. The molecule has 0 atom stereocenters. The van der Waals surface area contributed by atoms with Crippen molar-refractivity contribution in [3.8, 4) is 0 Å². The first kappa shape index (κ1) is 10.7. The summed E-state index contributed by atoms with van der Waals surface area (Å²) in [5.41, 5.74) is 7.58. The van der Waals surface area contributed by atoms with Crippen LogP contribution < -0.4 is 5.73 Å². The summed E-state index contributed by atoms with van der Waals surface area (Å²) < 4.78 is 14.8. The summed E-state index contributed by atoms with van der Waals surface area (Å²) in [6.07, 6.45) is 0.861. The largest absolute Gasteiger partial charge is 0.382 e. The van der Waals surface area contributed by atoms with Crippen LogP contribution in [-0.2, 0) is 13.0 Å². The maximum Gasteiger partial charge on any atom is 0.145 e. The quantitative estimate of drug-likeness (QED) is 0.860. The van der Waals surface area contributed by atoms with Crippen molar-refractivity contribution in [3.63, 3.8) is 0 Å². The number of nitrogens with two attached hydrogens (primary N) is 1. The van der Waals surface area contributed by atoms with E-state index >= 15 is 0 Å². The van der Waals surface area contributed by atoms with E-state index in [1.165, 1.54) is 12.1 Å². The third-order valence-corrected chi connectivity index (χ3v) is 2.47. The number of aryl methyl sites for hydroxylation is 1. The van der Waals surface area contributed by atoms with E-state index in [2.05, 4.69) is 5.10 Å². The second kappa shape index (κ2) is 4.35. The van der Waals surface area contributed by atoms with Crippen molar-refractivity contribution in [3.05, 3.63) is 47.4 Å². The maximum absolute atomic E-state index is 13.0. The van der Waals surface area contributed by atoms with Gasteiger partial charge in [-0.1, -0.05) is 19.1 Å². The molecule has 0 aliphatic carbocycles. The van der Waals surface area contributed by atoms with E-state index < -0.39 is 0 Å². The normalized spacial score (nSPS) is 10.6. The number of anilines is 1. The monoisotopic (exact) mass is 219 g/mol. The second-order valence-electron chi connectivity index (χ2n) is 3.70. The van der Waals surface area contributed by atoms with Gasteiger partial charge in [-0.15, -0.1) is 0 Å². The minimum absolute atomic E-state index is 0.226. The summed E-state index contributed by atoms with van der Waals surface area (Å²) in [4.78, 5) is 0. The van der Waals surface area contributed by atoms with Crippen LogP contribution in [0.5, 0.6) is 0 Å². The first-order chi connectivity index (χ1) is 7.69. The van der Waals surface area contributed by atoms with Gasteiger partial charge in [-0.25, -0.2) is 4.39 Å². The number of rotatable bonds is 3. The van der Waals surface area contributed by atoms with E-state index in [0.717, 1.165) is 17.7 Å². The highest BCUT2D eigenvalue weighted by Gasteiger charge is 2.05. The lowest BCUT2D eigenvalue weighted by Gasteiger charge is -2.05. The van der Waals surface area contributed by atoms with Crippen LogP contribution in [-0.4, -0.2) is 9.78 Å². The van der Waals surface area contributed by atoms with Crippen LogP contribution in [0.1, 0.15) is 18.2 Å². The molecule has 0 saturated carbocycles. The minimum Gasteiger partial charge on any atom is -0.382 e. The zero-order chi connectivity index (χ0) is 11.5. The van der Waals surface area contributed by atoms with E-state index in [4.69, 9.17) is 5.73 Å². The second-order valence-corrected chi connectivity index (χ2v) is 3.70. The average molecular weight is 219 g/mol. The molecule has 2 rings (SSSR count). The van der Waals surface area contributed by atoms with Gasteiger partial charge in [-0.3, -0.25) is 4.68 Å². The smallest absolute Gasteiger partial charge is 0.145 e. The molecule has 0 bridgehead atoms. The van der Waals surface area contributed by atoms with Gasteiger partial charge in [0.1, 0.15) is 11.6 Å². The SMILES string of the molecule is CCc1cc(N)nn1Cc1cccc(F)c1. The van der Waals surface area contributed by atoms with E-state index in [9.17, 15) is 4.39 Å². The van der Waals surface area contributed by atoms with Gasteiger partial charge < -0.3 is 5.73 Å². The third kappa shape index (κ3) is 2.21. The summed E-state index contributed by atoms with van der Waals surface area (Å²) in [5, 5.41) is 4.18. The fourth-order valence-corrected chi connectivity index (χ4v) is 1.71. The van der Waals surface area contributed by atoms with Gasteiger partial charge in [0.15, 0.2) is 0 Å². The van der Waals surface area contributed by atoms with Crippen LogP contribution in [0.3, 0.4) is 0 Å². The van der Waals surface area contributed by atoms with Gasteiger partial charge in [0.25, 0.3) is 0 Å². The number of aromatic nitrogens is 2. The molecule has 2 aromatic rings. The number of nitrogen functional groups attached to an aromatic ring is 1. The lowest BCUT2D eigenvalue weighted by molar-refractivity contribution is 0.614. The summed E-state index contributed by atoms with van der Waals surface area (Å²) in [6.45, 7) is 2.59. The molecule has 2 N–H and O–H groups in total. The van der Waals surface area contributed by atoms with Gasteiger partial charge in [0.05, 0.1) is 6.54 Å². The Morgan fingerprint density at radius 3 is 2.88 bits per heavy atom. The highest BCUT2D eigenvalue weighted by Crippen LogP contribution is 2.11. The molecule has 0 fully saturated rings. The summed E-state index contributed by atoms with van der Waals surface area (Å²) in [7, 11) is 0. The van der Waals surface area contributed by atoms with Crippen LogP contribution in [0.25, 0.3) is 0 Å². The van der Waals surface area contributed by atoms with Crippen molar-refractivity contribution in [1.82, 2.24) is 9.78 Å². The van der Waals surface area contributed by atoms with Gasteiger partial charge in [0.2, 0.25) is 0 Å². The molecule has 4 heteroatoms. The molecule has 0 unspecified atom stereocenters. The fraction of sp³-hybridized carbons (Fsp3) is 0.250. The Labute approximate surface area is 93.7 Å². The highest BCUT2D eigenvalue weighted by molar-refractivity contribution is 5.30. The predicted octanol–water partition coefficient (Wildman–Crippen LogP) is 2.22. The van der Waals surface area contributed by atoms with Crippen LogP contribution >= 0.6 is 0 Å². The van der Waals surface area contributed by atoms with Crippen molar-refractivity contribution in [2.45, 2.75) is 19.9 Å². The number of hydrogen-bond acceptors (Lipinski definition) is 2. The Morgan fingerprint density at radius 1 is 1.38 bits per heavy atom. The molecule has 16 heavy (non-hydrogen) atoms. The van der Waals surface area contributed by atoms with Crippen LogP contribution in [0.2, 0.25) is 0 Å². The number of halogens is 1. The van der Waals surface area contributed by atoms with Crippen molar-refractivity contribution < 1.29 is 4.39 Å². The molecule has 0 aliphatic rings. The zero-order valence-corrected chi connectivity index (χ0v) is 9.15. The Kier molecular flexibility index (Phi) is 2.90. The molecule has 1 heterocycles. The Balaban J connectivity index is 2.26. The van der Waals surface area contributed by atoms with Gasteiger partial charge >= 0.3 is 0 Å². The van der Waals surface area contributed by atoms with Crippen LogP contribution in [0.15, 0.2) is 30.3 Å². The summed E-state index contributed by atoms with van der Waals surface area (Å²) in [5.74, 6) is 0.281. The van der Waals surface area contributed by atoms with Crippen molar-refractivity contribution in [1.29, 1.82) is 0 Å². The number of hydrogen-bond donors (Lipinski definition) is 1. The standard InChI is InChI=1S/C12H14FN3/c1-2-11-7-12(14)15-16(11)8-9-4-3-5-10(13)6-9/h3-7H,2,8H2,1H3,(H2,14,15). The van der Waals surface area contributed by atoms with Crippen molar-refractivity contribution in [2.75, 3.05) is 5.73 Å². The van der Waals surface area contributed by atoms with Gasteiger partial charge in [-0.2, -0.15) is 5.10 Å². The summed E-state index contributed by atoms with van der Waals surface area (Å²) in [6, 6.07) is 8.36. The molecule has 0 radical (unpaired) electrons. The topological polar surface area (TPSA) is 43.8 Å². The van der Waals surface area contributed by atoms with E-state index in [0.29, 0.717) is 12.4 Å². The van der Waals surface area contributed by atoms with Gasteiger partial charge in [0, 0.05) is 11.8 Å². The molecule has 0 saturated heterocycles. The van der Waals surface area contributed by atoms with Crippen molar-refractivity contribution >= 4 is 5.82 Å². The molecular weight excluding hydrogens is 205 g/mol. The number of nitrogens with zero attached hydrogens (tertiary/aromatic N) is 2. The van der Waals surface area contributed by atoms with Crippen LogP contribution in [0, 0.1) is 5.82 Å². The third-order valence-electron chi connectivity index (χ3n) is 2.47. The van der Waals surface area contributed by atoms with Crippen molar-refractivity contribution in [2.24, 2.45) is 0 Å². The van der Waals surface area contributed by atoms with Gasteiger partial charge in [-0.05, 0) is 24.1 Å². The molecule has 1 aromatic carbocycles. The maximum atomic E-state index is 13.0. The molecule has 0 spiro atoms. The molecule has 1 aromatic heterocycles. The Morgan fingerprint density at radius 2 is 2.19 bits per heavy atom. The molecule has 3 nitrogen and oxygen atoms in total. The van der Waals surface area contributed by atoms with E-state index in [-0.39, 0.29) is 5.82 Å². The zero-order valence-electron chi connectivity index (χ0n) is 9.15. The van der Waals surface area contributed by atoms with E-state index in [1.54, 1.807) is 6.07 Å². The highest BCUT2D eigenvalue weighted by atomic mass is 19.1. The lowest BCUT2D eigenvalue weighted by Crippen LogP contribution is -2.06. The molecular formula is C12H14FN3. The number of benzene rings is 1. The first-order valence-corrected chi connectivity index (χ1v) is 5.25. The predicted molar refractivity (Wildman–Crippen MR) is 61.5 cm³/mol.